The third-order valence-electron chi connectivity index (χ3n) is 3.32. The molecule has 1 aromatic carbocycles. The number of amides is 1. The number of rotatable bonds is 8. The van der Waals surface area contributed by atoms with Gasteiger partial charge < -0.3 is 14.8 Å². The largest absolute Gasteiger partial charge is 0.463 e. The van der Waals surface area contributed by atoms with Crippen LogP contribution in [0.25, 0.3) is 0 Å². The molecule has 0 spiro atoms. The lowest BCUT2D eigenvalue weighted by molar-refractivity contribution is -0.144. The summed E-state index contributed by atoms with van der Waals surface area (Å²) in [7, 11) is 0. The highest BCUT2D eigenvalue weighted by molar-refractivity contribution is 7.10. The van der Waals surface area contributed by atoms with Crippen LogP contribution in [0.2, 0.25) is 0 Å². The Labute approximate surface area is 159 Å². The number of halogens is 1. The van der Waals surface area contributed by atoms with Gasteiger partial charge in [0.25, 0.3) is 5.91 Å². The molecule has 6 nitrogen and oxygen atoms in total. The number of ether oxygens (including phenoxy) is 2. The average Bonchev–Trinajstić information content (AvgIpc) is 3.18. The van der Waals surface area contributed by atoms with Crippen molar-refractivity contribution >= 4 is 29.2 Å². The topological polar surface area (TPSA) is 81.7 Å². The maximum absolute atomic E-state index is 13.2. The maximum Gasteiger partial charge on any atom is 0.331 e. The van der Waals surface area contributed by atoms with Gasteiger partial charge in [-0.05, 0) is 36.1 Å². The molecule has 1 atom stereocenters. The van der Waals surface area contributed by atoms with Crippen molar-refractivity contribution in [1.29, 1.82) is 0 Å². The Morgan fingerprint density at radius 2 is 1.78 bits per heavy atom. The van der Waals surface area contributed by atoms with Crippen LogP contribution in [0, 0.1) is 5.82 Å². The van der Waals surface area contributed by atoms with E-state index < -0.39 is 30.5 Å². The van der Waals surface area contributed by atoms with Crippen molar-refractivity contribution in [3.63, 3.8) is 0 Å². The fraction of sp³-hybridized carbons (Fsp3) is 0.211. The highest BCUT2D eigenvalue weighted by Gasteiger charge is 2.18. The predicted molar refractivity (Wildman–Crippen MR) is 97.4 cm³/mol. The molecule has 0 fully saturated rings. The summed E-state index contributed by atoms with van der Waals surface area (Å²) in [5, 5.41) is 4.61. The Bertz CT molecular complexity index is 802. The van der Waals surface area contributed by atoms with E-state index in [0.717, 1.165) is 17.0 Å². The highest BCUT2D eigenvalue weighted by Crippen LogP contribution is 2.26. The number of hydrogen-bond acceptors (Lipinski definition) is 6. The molecule has 1 N–H and O–H groups in total. The van der Waals surface area contributed by atoms with E-state index in [1.807, 2.05) is 17.5 Å². The molecule has 0 bridgehead atoms. The summed E-state index contributed by atoms with van der Waals surface area (Å²) in [6.07, 6.45) is 1.82. The quantitative estimate of drug-likeness (QED) is 0.553. The van der Waals surface area contributed by atoms with Gasteiger partial charge in [0.2, 0.25) is 0 Å². The van der Waals surface area contributed by atoms with E-state index in [1.54, 1.807) is 19.1 Å². The Kier molecular flexibility index (Phi) is 7.69. The summed E-state index contributed by atoms with van der Waals surface area (Å²) in [6, 6.07) is 8.95. The zero-order valence-corrected chi connectivity index (χ0v) is 15.3. The number of hydrogen-bond donors (Lipinski definition) is 1. The van der Waals surface area contributed by atoms with Crippen LogP contribution < -0.4 is 5.32 Å². The first-order chi connectivity index (χ1) is 13.0. The van der Waals surface area contributed by atoms with Gasteiger partial charge in [0.1, 0.15) is 5.82 Å². The van der Waals surface area contributed by atoms with Crippen LogP contribution in [0.3, 0.4) is 0 Å². The van der Waals surface area contributed by atoms with Crippen molar-refractivity contribution in [3.05, 3.63) is 70.2 Å². The Hall–Kier alpha value is -3.00. The predicted octanol–water partition coefficient (Wildman–Crippen LogP) is 2.76. The molecule has 142 valence electrons. The van der Waals surface area contributed by atoms with Crippen molar-refractivity contribution in [2.45, 2.75) is 13.0 Å². The average molecular weight is 391 g/mol. The summed E-state index contributed by atoms with van der Waals surface area (Å²) < 4.78 is 22.6. The maximum atomic E-state index is 13.2. The van der Waals surface area contributed by atoms with E-state index in [1.165, 1.54) is 23.5 Å². The molecule has 0 saturated heterocycles. The van der Waals surface area contributed by atoms with E-state index in [2.05, 4.69) is 10.1 Å². The van der Waals surface area contributed by atoms with Crippen molar-refractivity contribution in [2.75, 3.05) is 13.2 Å². The highest BCUT2D eigenvalue weighted by atomic mass is 32.1. The molecular formula is C19H18FNO5S. The molecule has 1 heterocycles. The summed E-state index contributed by atoms with van der Waals surface area (Å²) in [6.45, 7) is 1.31. The number of nitrogens with one attached hydrogen (secondary N) is 1. The molecule has 0 radical (unpaired) electrons. The normalized spacial score (nSPS) is 11.8. The van der Waals surface area contributed by atoms with Gasteiger partial charge in [-0.25, -0.2) is 14.0 Å². The number of benzene rings is 1. The Morgan fingerprint density at radius 3 is 2.37 bits per heavy atom. The summed E-state index contributed by atoms with van der Waals surface area (Å²) >= 11 is 1.43. The fourth-order valence-corrected chi connectivity index (χ4v) is 2.95. The second kappa shape index (κ2) is 10.2. The molecule has 0 aliphatic heterocycles. The summed E-state index contributed by atoms with van der Waals surface area (Å²) in [5.74, 6) is -2.42. The van der Waals surface area contributed by atoms with Crippen molar-refractivity contribution < 1.29 is 28.2 Å². The standard InChI is InChI=1S/C19H18FNO5S/c1-2-25-17(23)9-10-18(24)26-12-16(22)21-19(15-4-3-11-27-15)13-5-7-14(20)8-6-13/h3-11,19H,2,12H2,1H3,(H,21,22)/b10-9+/t19-/m0/s1. The number of thiophene rings is 1. The van der Waals surface area contributed by atoms with Gasteiger partial charge in [-0.3, -0.25) is 4.79 Å². The minimum atomic E-state index is -0.840. The third-order valence-corrected chi connectivity index (χ3v) is 4.26. The lowest BCUT2D eigenvalue weighted by Gasteiger charge is -2.18. The summed E-state index contributed by atoms with van der Waals surface area (Å²) in [4.78, 5) is 35.7. The van der Waals surface area contributed by atoms with E-state index in [0.29, 0.717) is 5.56 Å². The molecule has 1 aromatic heterocycles. The molecule has 2 rings (SSSR count). The molecule has 27 heavy (non-hydrogen) atoms. The van der Waals surface area contributed by atoms with Crippen LogP contribution in [0.1, 0.15) is 23.4 Å². The smallest absolute Gasteiger partial charge is 0.331 e. The van der Waals surface area contributed by atoms with Crippen LogP contribution in [0.15, 0.2) is 53.9 Å². The lowest BCUT2D eigenvalue weighted by Crippen LogP contribution is -2.32. The SMILES string of the molecule is CCOC(=O)/C=C/C(=O)OCC(=O)N[C@@H](c1ccc(F)cc1)c1cccs1. The van der Waals surface area contributed by atoms with Crippen LogP contribution in [0.5, 0.6) is 0 Å². The first-order valence-corrected chi connectivity index (χ1v) is 8.97. The fourth-order valence-electron chi connectivity index (χ4n) is 2.14. The zero-order chi connectivity index (χ0) is 19.6. The van der Waals surface area contributed by atoms with Crippen molar-refractivity contribution in [1.82, 2.24) is 5.32 Å². The Balaban J connectivity index is 1.95. The molecule has 0 unspecified atom stereocenters. The summed E-state index contributed by atoms with van der Waals surface area (Å²) in [5.41, 5.74) is 0.695. The third kappa shape index (κ3) is 6.67. The van der Waals surface area contributed by atoms with Gasteiger partial charge in [0, 0.05) is 17.0 Å². The number of carbonyl (C=O) groups is 3. The van der Waals surface area contributed by atoms with E-state index in [-0.39, 0.29) is 12.4 Å². The van der Waals surface area contributed by atoms with Gasteiger partial charge >= 0.3 is 11.9 Å². The van der Waals surface area contributed by atoms with Crippen molar-refractivity contribution in [2.24, 2.45) is 0 Å². The second-order valence-electron chi connectivity index (χ2n) is 5.26. The molecule has 0 aliphatic carbocycles. The van der Waals surface area contributed by atoms with E-state index in [4.69, 9.17) is 4.74 Å². The van der Waals surface area contributed by atoms with Crippen LogP contribution in [-0.4, -0.2) is 31.1 Å². The van der Waals surface area contributed by atoms with Crippen LogP contribution in [0.4, 0.5) is 4.39 Å². The number of carbonyl (C=O) groups excluding carboxylic acids is 3. The van der Waals surface area contributed by atoms with Gasteiger partial charge in [-0.1, -0.05) is 18.2 Å². The first kappa shape index (κ1) is 20.3. The monoisotopic (exact) mass is 391 g/mol. The zero-order valence-electron chi connectivity index (χ0n) is 14.5. The molecular weight excluding hydrogens is 373 g/mol. The molecule has 0 saturated carbocycles. The lowest BCUT2D eigenvalue weighted by atomic mass is 10.1. The molecule has 2 aromatic rings. The van der Waals surface area contributed by atoms with Gasteiger partial charge in [0.15, 0.2) is 6.61 Å². The van der Waals surface area contributed by atoms with Gasteiger partial charge in [0.05, 0.1) is 12.6 Å². The minimum Gasteiger partial charge on any atom is -0.463 e. The Morgan fingerprint density at radius 1 is 1.11 bits per heavy atom. The van der Waals surface area contributed by atoms with Crippen LogP contribution >= 0.6 is 11.3 Å². The van der Waals surface area contributed by atoms with Gasteiger partial charge in [-0.2, -0.15) is 0 Å². The first-order valence-electron chi connectivity index (χ1n) is 8.09. The second-order valence-corrected chi connectivity index (χ2v) is 6.24. The van der Waals surface area contributed by atoms with Gasteiger partial charge in [-0.15, -0.1) is 11.3 Å². The van der Waals surface area contributed by atoms with Crippen molar-refractivity contribution in [3.8, 4) is 0 Å². The molecule has 1 amide bonds. The van der Waals surface area contributed by atoms with E-state index in [9.17, 15) is 18.8 Å². The molecule has 8 heteroatoms. The number of esters is 2. The molecule has 0 aliphatic rings. The van der Waals surface area contributed by atoms with Crippen LogP contribution in [-0.2, 0) is 23.9 Å². The van der Waals surface area contributed by atoms with E-state index >= 15 is 0 Å². The minimum absolute atomic E-state index is 0.189.